The van der Waals surface area contributed by atoms with E-state index in [1.54, 1.807) is 38.1 Å². The Hall–Kier alpha value is -3.22. The number of carbonyl (C=O) groups is 1. The van der Waals surface area contributed by atoms with Crippen LogP contribution in [-0.4, -0.2) is 13.3 Å². The lowest BCUT2D eigenvalue weighted by atomic mass is 9.79. The van der Waals surface area contributed by atoms with Crippen LogP contribution in [0.5, 0.6) is 0 Å². The number of rotatable bonds is 3. The summed E-state index contributed by atoms with van der Waals surface area (Å²) in [6.07, 6.45) is -5.57. The van der Waals surface area contributed by atoms with Crippen LogP contribution < -0.4 is 5.32 Å². The van der Waals surface area contributed by atoms with Crippen molar-refractivity contribution in [1.29, 1.82) is 0 Å². The normalized spacial score (nSPS) is 17.1. The van der Waals surface area contributed by atoms with Gasteiger partial charge < -0.3 is 14.8 Å². The third-order valence-corrected chi connectivity index (χ3v) is 4.72. The van der Waals surface area contributed by atoms with E-state index in [1.165, 1.54) is 18.2 Å². The van der Waals surface area contributed by atoms with E-state index in [4.69, 9.17) is 4.74 Å². The summed E-state index contributed by atoms with van der Waals surface area (Å²) in [5.41, 5.74) is 1.64. The van der Waals surface area contributed by atoms with E-state index in [0.29, 0.717) is 17.0 Å². The Morgan fingerprint density at radius 2 is 1.59 bits per heavy atom. The van der Waals surface area contributed by atoms with Gasteiger partial charge in [0.25, 0.3) is 0 Å². The van der Waals surface area contributed by atoms with Crippen LogP contribution in [0.2, 0.25) is 0 Å². The Morgan fingerprint density at radius 1 is 0.966 bits per heavy atom. The van der Waals surface area contributed by atoms with Gasteiger partial charge in [0.1, 0.15) is 5.76 Å². The number of benzene rings is 2. The lowest BCUT2D eigenvalue weighted by Gasteiger charge is -2.33. The first-order chi connectivity index (χ1) is 13.7. The van der Waals surface area contributed by atoms with Gasteiger partial charge >= 0.3 is 12.3 Å². The molecule has 29 heavy (non-hydrogen) atoms. The van der Waals surface area contributed by atoms with Crippen molar-refractivity contribution in [2.45, 2.75) is 25.9 Å². The van der Waals surface area contributed by atoms with Crippen molar-refractivity contribution in [3.63, 3.8) is 0 Å². The van der Waals surface area contributed by atoms with E-state index in [0.717, 1.165) is 18.7 Å². The fourth-order valence-electron chi connectivity index (χ4n) is 3.55. The van der Waals surface area contributed by atoms with Gasteiger partial charge in [-0.1, -0.05) is 48.5 Å². The standard InChI is InChI=1S/C22H20F3NO3/c1-13-18(15-9-5-4-6-10-15)19(20(14(2)26-13)29-21(27)28-3)16-11-7-8-12-17(16)22(23,24)25/h4-12,19,26H,1-3H3. The summed E-state index contributed by atoms with van der Waals surface area (Å²) < 4.78 is 51.3. The highest BCUT2D eigenvalue weighted by Crippen LogP contribution is 2.47. The molecular formula is C22H20F3NO3. The van der Waals surface area contributed by atoms with Crippen LogP contribution in [0.4, 0.5) is 18.0 Å². The highest BCUT2D eigenvalue weighted by atomic mass is 19.4. The molecule has 152 valence electrons. The highest BCUT2D eigenvalue weighted by Gasteiger charge is 2.40. The van der Waals surface area contributed by atoms with Crippen molar-refractivity contribution in [2.75, 3.05) is 7.11 Å². The molecule has 2 aromatic rings. The number of halogens is 3. The quantitative estimate of drug-likeness (QED) is 0.655. The van der Waals surface area contributed by atoms with Crippen LogP contribution in [0.3, 0.4) is 0 Å². The summed E-state index contributed by atoms with van der Waals surface area (Å²) in [6, 6.07) is 14.3. The summed E-state index contributed by atoms with van der Waals surface area (Å²) in [6.45, 7) is 3.43. The SMILES string of the molecule is COC(=O)OC1=C(C)NC(C)=C(c2ccccc2)C1c1ccccc1C(F)(F)F. The van der Waals surface area contributed by atoms with E-state index in [-0.39, 0.29) is 11.3 Å². The maximum absolute atomic E-state index is 13.8. The highest BCUT2D eigenvalue weighted by molar-refractivity contribution is 5.79. The molecule has 2 aromatic carbocycles. The van der Waals surface area contributed by atoms with E-state index in [2.05, 4.69) is 10.1 Å². The Bertz CT molecular complexity index is 978. The molecule has 0 amide bonds. The molecule has 4 nitrogen and oxygen atoms in total. The predicted molar refractivity (Wildman–Crippen MR) is 103 cm³/mol. The molecule has 7 heteroatoms. The molecule has 1 unspecified atom stereocenters. The van der Waals surface area contributed by atoms with Crippen molar-refractivity contribution >= 4 is 11.7 Å². The molecule has 1 aliphatic heterocycles. The van der Waals surface area contributed by atoms with Gasteiger partial charge in [0.05, 0.1) is 24.3 Å². The molecular weight excluding hydrogens is 383 g/mol. The summed E-state index contributed by atoms with van der Waals surface area (Å²) in [7, 11) is 1.15. The molecule has 1 heterocycles. The van der Waals surface area contributed by atoms with Gasteiger partial charge in [-0.3, -0.25) is 0 Å². The monoisotopic (exact) mass is 403 g/mol. The minimum atomic E-state index is -4.57. The van der Waals surface area contributed by atoms with Crippen molar-refractivity contribution in [3.05, 3.63) is 88.4 Å². The third-order valence-electron chi connectivity index (χ3n) is 4.72. The minimum Gasteiger partial charge on any atom is -0.437 e. The number of hydrogen-bond donors (Lipinski definition) is 1. The van der Waals surface area contributed by atoms with Crippen LogP contribution in [0.1, 0.15) is 36.5 Å². The predicted octanol–water partition coefficient (Wildman–Crippen LogP) is 5.84. The first-order valence-electron chi connectivity index (χ1n) is 8.90. The van der Waals surface area contributed by atoms with Gasteiger partial charge in [-0.05, 0) is 36.6 Å². The summed E-state index contributed by atoms with van der Waals surface area (Å²) in [5, 5.41) is 3.11. The largest absolute Gasteiger partial charge is 0.513 e. The molecule has 1 N–H and O–H groups in total. The van der Waals surface area contributed by atoms with Crippen molar-refractivity contribution in [2.24, 2.45) is 0 Å². The molecule has 0 saturated heterocycles. The van der Waals surface area contributed by atoms with Crippen molar-refractivity contribution < 1.29 is 27.4 Å². The van der Waals surface area contributed by atoms with Crippen LogP contribution in [0.25, 0.3) is 5.57 Å². The average molecular weight is 403 g/mol. The second kappa shape index (κ2) is 8.03. The lowest BCUT2D eigenvalue weighted by molar-refractivity contribution is -0.138. The number of methoxy groups -OCH3 is 1. The van der Waals surface area contributed by atoms with Gasteiger partial charge in [0.15, 0.2) is 0 Å². The maximum Gasteiger partial charge on any atom is 0.513 e. The maximum atomic E-state index is 13.8. The Balaban J connectivity index is 2.28. The molecule has 0 aliphatic carbocycles. The Kier molecular flexibility index (Phi) is 5.68. The van der Waals surface area contributed by atoms with Gasteiger partial charge in [0.2, 0.25) is 0 Å². The molecule has 0 spiro atoms. The number of nitrogens with one attached hydrogen (secondary N) is 1. The molecule has 1 atom stereocenters. The number of alkyl halides is 3. The van der Waals surface area contributed by atoms with E-state index < -0.39 is 23.8 Å². The molecule has 0 saturated carbocycles. The molecule has 1 aliphatic rings. The van der Waals surface area contributed by atoms with Gasteiger partial charge in [-0.25, -0.2) is 4.79 Å². The Morgan fingerprint density at radius 3 is 2.21 bits per heavy atom. The smallest absolute Gasteiger partial charge is 0.437 e. The molecule has 0 bridgehead atoms. The topological polar surface area (TPSA) is 47.6 Å². The number of hydrogen-bond acceptors (Lipinski definition) is 4. The molecule has 3 rings (SSSR count). The fourth-order valence-corrected chi connectivity index (χ4v) is 3.55. The Labute approximate surface area is 166 Å². The zero-order valence-electron chi connectivity index (χ0n) is 16.1. The number of dihydropyridines is 1. The second-order valence-electron chi connectivity index (χ2n) is 6.59. The number of allylic oxidation sites excluding steroid dienone is 3. The first kappa shape index (κ1) is 20.5. The summed E-state index contributed by atoms with van der Waals surface area (Å²) >= 11 is 0. The lowest BCUT2D eigenvalue weighted by Crippen LogP contribution is -2.27. The van der Waals surface area contributed by atoms with E-state index >= 15 is 0 Å². The first-order valence-corrected chi connectivity index (χ1v) is 8.90. The minimum absolute atomic E-state index is 0.00189. The average Bonchev–Trinajstić information content (AvgIpc) is 2.69. The van der Waals surface area contributed by atoms with Gasteiger partial charge in [-0.15, -0.1) is 0 Å². The molecule has 0 aromatic heterocycles. The van der Waals surface area contributed by atoms with E-state index in [1.807, 2.05) is 6.07 Å². The van der Waals surface area contributed by atoms with Crippen LogP contribution in [-0.2, 0) is 15.7 Å². The second-order valence-corrected chi connectivity index (χ2v) is 6.59. The summed E-state index contributed by atoms with van der Waals surface area (Å²) in [4.78, 5) is 11.9. The number of ether oxygens (including phenoxy) is 2. The zero-order valence-corrected chi connectivity index (χ0v) is 16.1. The van der Waals surface area contributed by atoms with Gasteiger partial charge in [-0.2, -0.15) is 13.2 Å². The molecule has 0 radical (unpaired) electrons. The van der Waals surface area contributed by atoms with Crippen LogP contribution in [0, 0.1) is 0 Å². The van der Waals surface area contributed by atoms with Crippen molar-refractivity contribution in [1.82, 2.24) is 5.32 Å². The third kappa shape index (κ3) is 4.13. The van der Waals surface area contributed by atoms with Crippen LogP contribution in [0.15, 0.2) is 71.8 Å². The van der Waals surface area contributed by atoms with Crippen LogP contribution >= 0.6 is 0 Å². The van der Waals surface area contributed by atoms with Crippen molar-refractivity contribution in [3.8, 4) is 0 Å². The van der Waals surface area contributed by atoms with E-state index in [9.17, 15) is 18.0 Å². The summed E-state index contributed by atoms with van der Waals surface area (Å²) in [5.74, 6) is -0.881. The zero-order chi connectivity index (χ0) is 21.2. The fraction of sp³-hybridized carbons (Fsp3) is 0.227. The van der Waals surface area contributed by atoms with Gasteiger partial charge in [0, 0.05) is 5.70 Å². The molecule has 0 fully saturated rings. The number of carbonyl (C=O) groups excluding carboxylic acids is 1.